The Kier molecular flexibility index (Phi) is 6.26. The number of amides is 2. The van der Waals surface area contributed by atoms with Crippen LogP contribution in [-0.2, 0) is 6.54 Å². The topological polar surface area (TPSA) is 71.3 Å². The van der Waals surface area contributed by atoms with E-state index in [-0.39, 0.29) is 6.03 Å². The zero-order chi connectivity index (χ0) is 24.2. The summed E-state index contributed by atoms with van der Waals surface area (Å²) < 4.78 is 2.07. The molecule has 0 spiro atoms. The average molecular weight is 462 g/mol. The van der Waals surface area contributed by atoms with E-state index in [0.717, 1.165) is 39.3 Å². The first kappa shape index (κ1) is 22.3. The number of nitrogens with one attached hydrogen (secondary N) is 2. The highest BCUT2D eigenvalue weighted by Crippen LogP contribution is 2.25. The van der Waals surface area contributed by atoms with Gasteiger partial charge in [-0.05, 0) is 70.6 Å². The zero-order valence-electron chi connectivity index (χ0n) is 19.8. The molecule has 0 aliphatic carbocycles. The SMILES string of the molecule is CC(C)c1ccc(NC(=O)NCc2cccc(-c3cnc4cc(-c5ccncc5)ccn34)c2)cc1. The molecule has 174 valence electrons. The summed E-state index contributed by atoms with van der Waals surface area (Å²) in [6.45, 7) is 4.72. The van der Waals surface area contributed by atoms with E-state index in [4.69, 9.17) is 0 Å². The predicted octanol–water partition coefficient (Wildman–Crippen LogP) is 6.51. The summed E-state index contributed by atoms with van der Waals surface area (Å²) in [6.07, 6.45) is 7.50. The molecule has 0 radical (unpaired) electrons. The van der Waals surface area contributed by atoms with Gasteiger partial charge in [0.15, 0.2) is 0 Å². The molecule has 0 aliphatic heterocycles. The number of aromatic nitrogens is 3. The molecule has 2 N–H and O–H groups in total. The van der Waals surface area contributed by atoms with Gasteiger partial charge in [-0.25, -0.2) is 9.78 Å². The van der Waals surface area contributed by atoms with Gasteiger partial charge in [-0.3, -0.25) is 9.38 Å². The minimum atomic E-state index is -0.230. The van der Waals surface area contributed by atoms with E-state index >= 15 is 0 Å². The summed E-state index contributed by atoms with van der Waals surface area (Å²) in [5, 5.41) is 5.84. The van der Waals surface area contributed by atoms with E-state index in [2.05, 4.69) is 63.1 Å². The average Bonchev–Trinajstić information content (AvgIpc) is 3.32. The first-order valence-corrected chi connectivity index (χ1v) is 11.7. The summed E-state index contributed by atoms with van der Waals surface area (Å²) in [5.41, 5.74) is 8.15. The molecule has 35 heavy (non-hydrogen) atoms. The Balaban J connectivity index is 1.28. The van der Waals surface area contributed by atoms with Crippen molar-refractivity contribution < 1.29 is 4.79 Å². The van der Waals surface area contributed by atoms with Crippen LogP contribution < -0.4 is 10.6 Å². The summed E-state index contributed by atoms with van der Waals surface area (Å²) in [5.74, 6) is 0.460. The monoisotopic (exact) mass is 461 g/mol. The number of urea groups is 1. The van der Waals surface area contributed by atoms with Gasteiger partial charge in [0.05, 0.1) is 11.9 Å². The summed E-state index contributed by atoms with van der Waals surface area (Å²) in [7, 11) is 0. The lowest BCUT2D eigenvalue weighted by molar-refractivity contribution is 0.251. The molecule has 3 heterocycles. The third-order valence-corrected chi connectivity index (χ3v) is 6.04. The number of carbonyl (C=O) groups is 1. The minimum absolute atomic E-state index is 0.230. The van der Waals surface area contributed by atoms with Crippen molar-refractivity contribution >= 4 is 17.4 Å². The van der Waals surface area contributed by atoms with E-state index in [9.17, 15) is 4.79 Å². The molecular weight excluding hydrogens is 434 g/mol. The Morgan fingerprint density at radius 2 is 1.71 bits per heavy atom. The Morgan fingerprint density at radius 1 is 0.914 bits per heavy atom. The third kappa shape index (κ3) is 5.06. The van der Waals surface area contributed by atoms with Crippen LogP contribution >= 0.6 is 0 Å². The van der Waals surface area contributed by atoms with Crippen molar-refractivity contribution in [2.45, 2.75) is 26.3 Å². The van der Waals surface area contributed by atoms with Crippen molar-refractivity contribution in [2.24, 2.45) is 0 Å². The molecule has 0 fully saturated rings. The van der Waals surface area contributed by atoms with Crippen molar-refractivity contribution in [1.29, 1.82) is 0 Å². The quantitative estimate of drug-likeness (QED) is 0.303. The van der Waals surface area contributed by atoms with Crippen LogP contribution in [0.25, 0.3) is 28.0 Å². The van der Waals surface area contributed by atoms with Crippen LogP contribution in [0.1, 0.15) is 30.9 Å². The van der Waals surface area contributed by atoms with Gasteiger partial charge in [-0.1, -0.05) is 44.2 Å². The first-order valence-electron chi connectivity index (χ1n) is 11.7. The Bertz CT molecular complexity index is 1460. The molecule has 0 bridgehead atoms. The van der Waals surface area contributed by atoms with Crippen molar-refractivity contribution in [1.82, 2.24) is 19.7 Å². The van der Waals surface area contributed by atoms with Gasteiger partial charge >= 0.3 is 6.03 Å². The van der Waals surface area contributed by atoms with Crippen molar-refractivity contribution in [2.75, 3.05) is 5.32 Å². The maximum Gasteiger partial charge on any atom is 0.319 e. The maximum atomic E-state index is 12.4. The fourth-order valence-electron chi connectivity index (χ4n) is 4.07. The van der Waals surface area contributed by atoms with Crippen LogP contribution in [0, 0.1) is 0 Å². The molecule has 5 aromatic rings. The summed E-state index contributed by atoms with van der Waals surface area (Å²) >= 11 is 0. The number of nitrogens with zero attached hydrogens (tertiary/aromatic N) is 3. The molecule has 6 heteroatoms. The molecule has 0 unspecified atom stereocenters. The second kappa shape index (κ2) is 9.81. The third-order valence-electron chi connectivity index (χ3n) is 6.04. The molecule has 6 nitrogen and oxygen atoms in total. The Hall–Kier alpha value is -4.45. The highest BCUT2D eigenvalue weighted by Gasteiger charge is 2.09. The highest BCUT2D eigenvalue weighted by molar-refractivity contribution is 5.89. The number of rotatable bonds is 6. The minimum Gasteiger partial charge on any atom is -0.334 e. The van der Waals surface area contributed by atoms with Crippen LogP contribution in [-0.4, -0.2) is 20.4 Å². The van der Waals surface area contributed by atoms with Gasteiger partial charge < -0.3 is 10.6 Å². The Morgan fingerprint density at radius 3 is 2.49 bits per heavy atom. The normalized spacial score (nSPS) is 11.1. The van der Waals surface area contributed by atoms with Crippen molar-refractivity contribution in [3.8, 4) is 22.4 Å². The number of imidazole rings is 1. The summed E-state index contributed by atoms with van der Waals surface area (Å²) in [4.78, 5) is 21.1. The van der Waals surface area contributed by atoms with Crippen LogP contribution in [0.5, 0.6) is 0 Å². The number of benzene rings is 2. The van der Waals surface area contributed by atoms with Gasteiger partial charge in [-0.15, -0.1) is 0 Å². The maximum absolute atomic E-state index is 12.4. The highest BCUT2D eigenvalue weighted by atomic mass is 16.2. The van der Waals surface area contributed by atoms with E-state index in [1.807, 2.05) is 60.9 Å². The lowest BCUT2D eigenvalue weighted by atomic mass is 10.0. The number of hydrogen-bond donors (Lipinski definition) is 2. The molecule has 0 atom stereocenters. The van der Waals surface area contributed by atoms with Crippen LogP contribution in [0.2, 0.25) is 0 Å². The molecule has 5 rings (SSSR count). The molecule has 2 amide bonds. The van der Waals surface area contributed by atoms with Gasteiger partial charge in [0.2, 0.25) is 0 Å². The molecule has 3 aromatic heterocycles. The Labute approximate surface area is 204 Å². The largest absolute Gasteiger partial charge is 0.334 e. The number of hydrogen-bond acceptors (Lipinski definition) is 3. The van der Waals surface area contributed by atoms with E-state index in [1.54, 1.807) is 12.4 Å². The molecular formula is C29H27N5O. The fraction of sp³-hybridized carbons (Fsp3) is 0.138. The number of anilines is 1. The van der Waals surface area contributed by atoms with E-state index in [1.165, 1.54) is 5.56 Å². The van der Waals surface area contributed by atoms with Crippen LogP contribution in [0.3, 0.4) is 0 Å². The lowest BCUT2D eigenvalue weighted by Crippen LogP contribution is -2.28. The van der Waals surface area contributed by atoms with Gasteiger partial charge in [0, 0.05) is 36.4 Å². The lowest BCUT2D eigenvalue weighted by Gasteiger charge is -2.10. The van der Waals surface area contributed by atoms with E-state index in [0.29, 0.717) is 12.5 Å². The van der Waals surface area contributed by atoms with Gasteiger partial charge in [0.25, 0.3) is 0 Å². The first-order chi connectivity index (χ1) is 17.1. The number of fused-ring (bicyclic) bond motifs is 1. The van der Waals surface area contributed by atoms with Gasteiger partial charge in [0.1, 0.15) is 5.65 Å². The predicted molar refractivity (Wildman–Crippen MR) is 140 cm³/mol. The second-order valence-electron chi connectivity index (χ2n) is 8.81. The molecule has 0 saturated heterocycles. The van der Waals surface area contributed by atoms with Crippen molar-refractivity contribution in [3.05, 3.63) is 109 Å². The number of pyridine rings is 2. The number of carbonyl (C=O) groups excluding carboxylic acids is 1. The standard InChI is InChI=1S/C29H27N5O/c1-20(2)22-6-8-26(9-7-22)33-29(35)32-18-21-4-3-5-25(16-21)27-19-31-28-17-24(12-15-34(27)28)23-10-13-30-14-11-23/h3-17,19-20H,18H2,1-2H3,(H2,32,33,35). The zero-order valence-corrected chi connectivity index (χ0v) is 19.8. The molecule has 0 saturated carbocycles. The van der Waals surface area contributed by atoms with Gasteiger partial charge in [-0.2, -0.15) is 0 Å². The smallest absolute Gasteiger partial charge is 0.319 e. The fourth-order valence-corrected chi connectivity index (χ4v) is 4.07. The van der Waals surface area contributed by atoms with Crippen LogP contribution in [0.15, 0.2) is 97.6 Å². The summed E-state index contributed by atoms with van der Waals surface area (Å²) in [6, 6.07) is 24.0. The van der Waals surface area contributed by atoms with Crippen molar-refractivity contribution in [3.63, 3.8) is 0 Å². The van der Waals surface area contributed by atoms with Crippen LogP contribution in [0.4, 0.5) is 10.5 Å². The molecule has 2 aromatic carbocycles. The van der Waals surface area contributed by atoms with E-state index < -0.39 is 0 Å². The second-order valence-corrected chi connectivity index (χ2v) is 8.81. The molecule has 0 aliphatic rings.